The second kappa shape index (κ2) is 6.86. The third kappa shape index (κ3) is 3.36. The molecule has 2 aromatic carbocycles. The predicted molar refractivity (Wildman–Crippen MR) is 105 cm³/mol. The van der Waals surface area contributed by atoms with Crippen LogP contribution in [-0.2, 0) is 5.41 Å². The van der Waals surface area contributed by atoms with Gasteiger partial charge in [-0.1, -0.05) is 19.9 Å². The average Bonchev–Trinajstić information content (AvgIpc) is 3.12. The molecule has 1 aliphatic carbocycles. The van der Waals surface area contributed by atoms with Crippen LogP contribution in [0.5, 0.6) is 0 Å². The number of amides is 1. The molecule has 1 heterocycles. The lowest BCUT2D eigenvalue weighted by atomic mass is 9.64. The van der Waals surface area contributed by atoms with E-state index in [2.05, 4.69) is 5.32 Å². The minimum absolute atomic E-state index is 0.232. The van der Waals surface area contributed by atoms with E-state index >= 15 is 0 Å². The van der Waals surface area contributed by atoms with Crippen LogP contribution < -0.4 is 5.32 Å². The first-order valence-electron chi connectivity index (χ1n) is 9.63. The van der Waals surface area contributed by atoms with Gasteiger partial charge in [0, 0.05) is 10.9 Å². The number of alkyl halides is 3. The average molecular weight is 419 g/mol. The summed E-state index contributed by atoms with van der Waals surface area (Å²) in [6.07, 6.45) is -3.30. The number of benzene rings is 2. The van der Waals surface area contributed by atoms with Crippen molar-refractivity contribution in [3.63, 3.8) is 0 Å². The molecular formula is C23H21F4NO2. The first-order chi connectivity index (χ1) is 14.0. The summed E-state index contributed by atoms with van der Waals surface area (Å²) in [6, 6.07) is 7.58. The van der Waals surface area contributed by atoms with Gasteiger partial charge in [0.15, 0.2) is 0 Å². The van der Waals surface area contributed by atoms with Gasteiger partial charge in [-0.2, -0.15) is 13.2 Å². The van der Waals surface area contributed by atoms with Crippen molar-refractivity contribution in [2.45, 2.75) is 44.8 Å². The second-order valence-electron chi connectivity index (χ2n) is 8.50. The summed E-state index contributed by atoms with van der Waals surface area (Å²) < 4.78 is 61.4. The summed E-state index contributed by atoms with van der Waals surface area (Å²) >= 11 is 0. The molecule has 158 valence electrons. The van der Waals surface area contributed by atoms with Crippen LogP contribution in [0, 0.1) is 18.7 Å². The number of carbonyl (C=O) groups excluding carboxylic acids is 1. The maximum Gasteiger partial charge on any atom is 0.394 e. The maximum absolute atomic E-state index is 14.2. The van der Waals surface area contributed by atoms with Crippen molar-refractivity contribution in [3.05, 3.63) is 70.7 Å². The molecule has 3 aromatic rings. The van der Waals surface area contributed by atoms with Gasteiger partial charge in [0.25, 0.3) is 5.91 Å². The summed E-state index contributed by atoms with van der Waals surface area (Å²) in [4.78, 5) is 12.9. The number of hydrogen-bond acceptors (Lipinski definition) is 2. The van der Waals surface area contributed by atoms with Gasteiger partial charge >= 0.3 is 6.18 Å². The summed E-state index contributed by atoms with van der Waals surface area (Å²) in [5.41, 5.74) is 1.07. The molecule has 2 unspecified atom stereocenters. The van der Waals surface area contributed by atoms with Crippen LogP contribution in [0.1, 0.15) is 53.4 Å². The summed E-state index contributed by atoms with van der Waals surface area (Å²) in [6.45, 7) is 4.93. The van der Waals surface area contributed by atoms with Crippen molar-refractivity contribution in [2.75, 3.05) is 0 Å². The Morgan fingerprint density at radius 2 is 1.90 bits per heavy atom. The standard InChI is InChI=1S/C23H21F4NO2/c1-12-17(24)6-5-15-19(12)22(2,3)11-16(23(25,26)27)20(15)28-21(29)14-4-7-18-13(10-14)8-9-30-18/h4-10,16,20H,11H2,1-3H3,(H,28,29). The molecule has 0 radical (unpaired) electrons. The second-order valence-corrected chi connectivity index (χ2v) is 8.50. The Kier molecular flexibility index (Phi) is 4.67. The monoisotopic (exact) mass is 419 g/mol. The van der Waals surface area contributed by atoms with E-state index in [1.54, 1.807) is 39.0 Å². The van der Waals surface area contributed by atoms with Crippen molar-refractivity contribution in [2.24, 2.45) is 5.92 Å². The van der Waals surface area contributed by atoms with Crippen molar-refractivity contribution < 1.29 is 26.8 Å². The Hall–Kier alpha value is -2.83. The lowest BCUT2D eigenvalue weighted by Gasteiger charge is -2.44. The number of nitrogens with one attached hydrogen (secondary N) is 1. The number of carbonyl (C=O) groups is 1. The topological polar surface area (TPSA) is 42.2 Å². The fourth-order valence-corrected chi connectivity index (χ4v) is 4.67. The molecule has 1 N–H and O–H groups in total. The third-order valence-corrected chi connectivity index (χ3v) is 6.00. The van der Waals surface area contributed by atoms with Crippen LogP contribution in [0.15, 0.2) is 47.1 Å². The van der Waals surface area contributed by atoms with Gasteiger partial charge in [-0.05, 0) is 65.8 Å². The largest absolute Gasteiger partial charge is 0.464 e. The van der Waals surface area contributed by atoms with E-state index in [-0.39, 0.29) is 12.0 Å². The van der Waals surface area contributed by atoms with Crippen LogP contribution in [0.2, 0.25) is 0 Å². The molecule has 3 nitrogen and oxygen atoms in total. The smallest absolute Gasteiger partial charge is 0.394 e. The zero-order valence-electron chi connectivity index (χ0n) is 16.7. The van der Waals surface area contributed by atoms with Crippen LogP contribution in [-0.4, -0.2) is 12.1 Å². The number of rotatable bonds is 2. The SMILES string of the molecule is Cc1c(F)ccc2c1C(C)(C)CC(C(F)(F)F)C2NC(=O)c1ccc2occc2c1. The van der Waals surface area contributed by atoms with Gasteiger partial charge in [0.2, 0.25) is 0 Å². The Balaban J connectivity index is 1.78. The molecular weight excluding hydrogens is 398 g/mol. The van der Waals surface area contributed by atoms with Crippen LogP contribution in [0.4, 0.5) is 17.6 Å². The van der Waals surface area contributed by atoms with Crippen LogP contribution in [0.3, 0.4) is 0 Å². The summed E-state index contributed by atoms with van der Waals surface area (Å²) in [7, 11) is 0. The zero-order chi connectivity index (χ0) is 21.8. The minimum Gasteiger partial charge on any atom is -0.464 e. The summed E-state index contributed by atoms with van der Waals surface area (Å²) in [5, 5.41) is 3.26. The molecule has 0 spiro atoms. The van der Waals surface area contributed by atoms with E-state index < -0.39 is 35.3 Å². The molecule has 0 saturated heterocycles. The molecule has 1 aromatic heterocycles. The molecule has 4 rings (SSSR count). The van der Waals surface area contributed by atoms with E-state index in [0.717, 1.165) is 0 Å². The highest BCUT2D eigenvalue weighted by Gasteiger charge is 2.52. The Labute approximate surface area is 171 Å². The normalized spacial score (nSPS) is 20.8. The van der Waals surface area contributed by atoms with Gasteiger partial charge in [0.1, 0.15) is 11.4 Å². The lowest BCUT2D eigenvalue weighted by molar-refractivity contribution is -0.190. The third-order valence-electron chi connectivity index (χ3n) is 6.00. The molecule has 30 heavy (non-hydrogen) atoms. The minimum atomic E-state index is -4.52. The van der Waals surface area contributed by atoms with Crippen molar-refractivity contribution in [1.29, 1.82) is 0 Å². The zero-order valence-corrected chi connectivity index (χ0v) is 16.7. The molecule has 0 bridgehead atoms. The first kappa shape index (κ1) is 20.4. The molecule has 7 heteroatoms. The Morgan fingerprint density at radius 1 is 1.17 bits per heavy atom. The van der Waals surface area contributed by atoms with E-state index in [9.17, 15) is 22.4 Å². The fourth-order valence-electron chi connectivity index (χ4n) is 4.67. The van der Waals surface area contributed by atoms with Crippen molar-refractivity contribution in [1.82, 2.24) is 5.32 Å². The maximum atomic E-state index is 14.2. The Bertz CT molecular complexity index is 1130. The highest BCUT2D eigenvalue weighted by molar-refractivity contribution is 5.98. The van der Waals surface area contributed by atoms with Crippen molar-refractivity contribution >= 4 is 16.9 Å². The first-order valence-corrected chi connectivity index (χ1v) is 9.63. The van der Waals surface area contributed by atoms with Crippen molar-refractivity contribution in [3.8, 4) is 0 Å². The van der Waals surface area contributed by atoms with E-state index in [1.807, 2.05) is 0 Å². The number of furan rings is 1. The van der Waals surface area contributed by atoms with E-state index in [0.29, 0.717) is 27.7 Å². The quantitative estimate of drug-likeness (QED) is 0.502. The highest BCUT2D eigenvalue weighted by atomic mass is 19.4. The predicted octanol–water partition coefficient (Wildman–Crippen LogP) is 6.21. The van der Waals surface area contributed by atoms with Crippen LogP contribution >= 0.6 is 0 Å². The molecule has 0 fully saturated rings. The van der Waals surface area contributed by atoms with Gasteiger partial charge in [-0.25, -0.2) is 4.39 Å². The molecule has 0 saturated carbocycles. The van der Waals surface area contributed by atoms with E-state index in [4.69, 9.17) is 4.42 Å². The van der Waals surface area contributed by atoms with Gasteiger partial charge < -0.3 is 9.73 Å². The van der Waals surface area contributed by atoms with Gasteiger partial charge in [-0.15, -0.1) is 0 Å². The summed E-state index contributed by atoms with van der Waals surface area (Å²) in [5.74, 6) is -2.88. The number of fused-ring (bicyclic) bond motifs is 2. The molecule has 1 aliphatic rings. The fraction of sp³-hybridized carbons (Fsp3) is 0.348. The molecule has 2 atom stereocenters. The van der Waals surface area contributed by atoms with Gasteiger partial charge in [-0.3, -0.25) is 4.79 Å². The highest BCUT2D eigenvalue weighted by Crippen LogP contribution is 2.51. The van der Waals surface area contributed by atoms with E-state index in [1.165, 1.54) is 24.5 Å². The van der Waals surface area contributed by atoms with Gasteiger partial charge in [0.05, 0.1) is 18.2 Å². The van der Waals surface area contributed by atoms with Crippen LogP contribution in [0.25, 0.3) is 11.0 Å². The molecule has 1 amide bonds. The number of halogens is 4. The number of hydrogen-bond donors (Lipinski definition) is 1. The lowest BCUT2D eigenvalue weighted by Crippen LogP contribution is -2.47. The molecule has 0 aliphatic heterocycles. The Morgan fingerprint density at radius 3 is 2.60 bits per heavy atom.